The highest BCUT2D eigenvalue weighted by atomic mass is 16.3. The predicted octanol–water partition coefficient (Wildman–Crippen LogP) is 14.1. The Labute approximate surface area is 332 Å². The van der Waals surface area contributed by atoms with E-state index < -0.39 is 5.41 Å². The van der Waals surface area contributed by atoms with Crippen molar-refractivity contribution in [3.05, 3.63) is 228 Å². The fourth-order valence-corrected chi connectivity index (χ4v) is 10.0. The first kappa shape index (κ1) is 32.0. The minimum Gasteiger partial charge on any atom is -0.456 e. The zero-order valence-corrected chi connectivity index (χ0v) is 31.2. The Morgan fingerprint density at radius 1 is 0.544 bits per heavy atom. The molecule has 8 aromatic carbocycles. The molecule has 57 heavy (non-hydrogen) atoms. The van der Waals surface area contributed by atoms with Crippen molar-refractivity contribution < 1.29 is 4.42 Å². The Bertz CT molecular complexity index is 2960. The van der Waals surface area contributed by atoms with Crippen LogP contribution in [0.1, 0.15) is 40.0 Å². The second kappa shape index (κ2) is 12.3. The second-order valence-corrected chi connectivity index (χ2v) is 15.3. The summed E-state index contributed by atoms with van der Waals surface area (Å²) >= 11 is 0. The molecular weight excluding hydrogens is 691 g/mol. The predicted molar refractivity (Wildman–Crippen MR) is 233 cm³/mol. The van der Waals surface area contributed by atoms with E-state index in [2.05, 4.69) is 199 Å². The van der Waals surface area contributed by atoms with Crippen LogP contribution < -0.4 is 4.90 Å². The van der Waals surface area contributed by atoms with Gasteiger partial charge in [0.25, 0.3) is 0 Å². The van der Waals surface area contributed by atoms with E-state index in [1.807, 2.05) is 6.07 Å². The molecule has 0 radical (unpaired) electrons. The Morgan fingerprint density at radius 2 is 1.19 bits per heavy atom. The summed E-state index contributed by atoms with van der Waals surface area (Å²) in [7, 11) is 0. The lowest BCUT2D eigenvalue weighted by Crippen LogP contribution is -2.26. The van der Waals surface area contributed by atoms with Crippen LogP contribution in [0.2, 0.25) is 0 Å². The lowest BCUT2D eigenvalue weighted by molar-refractivity contribution is 0.595. The van der Waals surface area contributed by atoms with E-state index in [4.69, 9.17) is 4.42 Å². The fourth-order valence-electron chi connectivity index (χ4n) is 10.0. The van der Waals surface area contributed by atoms with Crippen LogP contribution >= 0.6 is 0 Å². The van der Waals surface area contributed by atoms with Gasteiger partial charge in [0.1, 0.15) is 11.3 Å². The van der Waals surface area contributed by atoms with E-state index in [-0.39, 0.29) is 0 Å². The zero-order chi connectivity index (χ0) is 37.5. The average Bonchev–Trinajstić information content (AvgIpc) is 3.92. The van der Waals surface area contributed by atoms with Crippen LogP contribution in [0.5, 0.6) is 0 Å². The molecule has 2 nitrogen and oxygen atoms in total. The summed E-state index contributed by atoms with van der Waals surface area (Å²) in [6.07, 6.45) is 6.36. The van der Waals surface area contributed by atoms with Crippen LogP contribution in [-0.4, -0.2) is 0 Å². The van der Waals surface area contributed by atoms with Gasteiger partial charge >= 0.3 is 0 Å². The first-order chi connectivity index (χ1) is 28.3. The third kappa shape index (κ3) is 4.55. The molecule has 1 spiro atoms. The highest BCUT2D eigenvalue weighted by Crippen LogP contribution is 2.66. The molecule has 0 fully saturated rings. The van der Waals surface area contributed by atoms with Crippen molar-refractivity contribution in [3.63, 3.8) is 0 Å². The number of benzene rings is 7. The van der Waals surface area contributed by atoms with Crippen LogP contribution in [0.3, 0.4) is 0 Å². The maximum absolute atomic E-state index is 6.64. The van der Waals surface area contributed by atoms with E-state index in [0.717, 1.165) is 46.8 Å². The first-order valence-corrected chi connectivity index (χ1v) is 19.8. The van der Waals surface area contributed by atoms with E-state index in [0.29, 0.717) is 0 Å². The van der Waals surface area contributed by atoms with Gasteiger partial charge in [-0.1, -0.05) is 146 Å². The summed E-state index contributed by atoms with van der Waals surface area (Å²) in [5.74, 6) is 0.982. The van der Waals surface area contributed by atoms with Crippen LogP contribution in [-0.2, 0) is 11.8 Å². The molecule has 0 aliphatic heterocycles. The van der Waals surface area contributed by atoms with Crippen molar-refractivity contribution in [2.75, 3.05) is 4.90 Å². The van der Waals surface area contributed by atoms with Gasteiger partial charge in [-0.25, -0.2) is 0 Å². The Balaban J connectivity index is 1.13. The van der Waals surface area contributed by atoms with E-state index in [1.54, 1.807) is 0 Å². The van der Waals surface area contributed by atoms with Crippen LogP contribution in [0.4, 0.5) is 17.1 Å². The molecule has 12 rings (SSSR count). The zero-order valence-electron chi connectivity index (χ0n) is 31.2. The molecule has 266 valence electrons. The third-order valence-corrected chi connectivity index (χ3v) is 12.4. The smallest absolute Gasteiger partial charge is 0.135 e. The minimum absolute atomic E-state index is 0.608. The summed E-state index contributed by atoms with van der Waals surface area (Å²) in [5, 5.41) is 1.24. The number of furan rings is 1. The number of rotatable bonds is 5. The monoisotopic (exact) mass is 725 g/mol. The van der Waals surface area contributed by atoms with Gasteiger partial charge in [-0.2, -0.15) is 0 Å². The number of fused-ring (bicyclic) bond motifs is 14. The fraction of sp³-hybridized carbons (Fsp3) is 0.0545. The van der Waals surface area contributed by atoms with Gasteiger partial charge < -0.3 is 9.32 Å². The Hall–Kier alpha value is -7.34. The largest absolute Gasteiger partial charge is 0.456 e. The number of aryl methyl sites for hydroxylation is 1. The summed E-state index contributed by atoms with van der Waals surface area (Å²) < 4.78 is 6.64. The number of allylic oxidation sites excluding steroid dienone is 1. The number of hydrogen-bond donors (Lipinski definition) is 0. The first-order valence-electron chi connectivity index (χ1n) is 19.8. The van der Waals surface area contributed by atoms with Gasteiger partial charge in [-0.3, -0.25) is 0 Å². The molecule has 0 saturated heterocycles. The molecule has 9 aromatic rings. The van der Waals surface area contributed by atoms with Gasteiger partial charge in [-0.15, -0.1) is 0 Å². The average molecular weight is 726 g/mol. The highest BCUT2D eigenvalue weighted by molar-refractivity contribution is 6.06. The lowest BCUT2D eigenvalue weighted by atomic mass is 9.69. The molecule has 0 N–H and O–H groups in total. The molecule has 1 atom stereocenters. The molecule has 0 saturated carbocycles. The minimum atomic E-state index is -0.608. The molecule has 0 bridgehead atoms. The maximum atomic E-state index is 6.64. The molecule has 2 heteroatoms. The van der Waals surface area contributed by atoms with Crippen LogP contribution in [0, 0.1) is 12.1 Å². The van der Waals surface area contributed by atoms with Crippen LogP contribution in [0.15, 0.2) is 186 Å². The van der Waals surface area contributed by atoms with E-state index in [1.165, 1.54) is 72.1 Å². The van der Waals surface area contributed by atoms with Gasteiger partial charge in [-0.05, 0) is 123 Å². The summed E-state index contributed by atoms with van der Waals surface area (Å²) in [4.78, 5) is 2.44. The molecular formula is C55H35NO. The van der Waals surface area contributed by atoms with Crippen molar-refractivity contribution in [2.24, 2.45) is 0 Å². The quantitative estimate of drug-likeness (QED) is 0.176. The van der Waals surface area contributed by atoms with Crippen molar-refractivity contribution in [3.8, 4) is 44.5 Å². The van der Waals surface area contributed by atoms with Crippen molar-refractivity contribution in [2.45, 2.75) is 18.3 Å². The molecule has 1 unspecified atom stereocenters. The van der Waals surface area contributed by atoms with Gasteiger partial charge in [0.15, 0.2) is 0 Å². The molecule has 1 heterocycles. The van der Waals surface area contributed by atoms with E-state index >= 15 is 0 Å². The lowest BCUT2D eigenvalue weighted by Gasteiger charge is -2.32. The Kier molecular flexibility index (Phi) is 6.92. The van der Waals surface area contributed by atoms with E-state index in [9.17, 15) is 0 Å². The highest BCUT2D eigenvalue weighted by Gasteiger charge is 2.54. The summed E-state index contributed by atoms with van der Waals surface area (Å²) in [6, 6.07) is 71.1. The maximum Gasteiger partial charge on any atom is 0.135 e. The molecule has 1 aromatic heterocycles. The van der Waals surface area contributed by atoms with Crippen molar-refractivity contribution in [1.82, 2.24) is 0 Å². The Morgan fingerprint density at radius 3 is 1.91 bits per heavy atom. The SMILES string of the molecule is c1ccc2c(c#1)C1(c3ccccc3-c3ccc4oc5c(c4c31)CCC=C5)c1cccc(N(c3ccc(-c4ccccc4)cc3)c3ccc(-c4ccccc4)cc3)c1-2. The van der Waals surface area contributed by atoms with Crippen molar-refractivity contribution >= 4 is 34.1 Å². The summed E-state index contributed by atoms with van der Waals surface area (Å²) in [5.41, 5.74) is 19.7. The van der Waals surface area contributed by atoms with Gasteiger partial charge in [0.05, 0.1) is 11.1 Å². The normalized spacial score (nSPS) is 15.4. The topological polar surface area (TPSA) is 16.4 Å². The van der Waals surface area contributed by atoms with Crippen molar-refractivity contribution in [1.29, 1.82) is 0 Å². The number of nitrogens with zero attached hydrogens (tertiary/aromatic N) is 1. The number of anilines is 3. The summed E-state index contributed by atoms with van der Waals surface area (Å²) in [6.45, 7) is 0. The molecule has 3 aliphatic carbocycles. The second-order valence-electron chi connectivity index (χ2n) is 15.3. The van der Waals surface area contributed by atoms with Gasteiger partial charge in [0.2, 0.25) is 0 Å². The number of hydrogen-bond acceptors (Lipinski definition) is 2. The standard InChI is InChI=1S/C55H35NO/c1-3-14-36(15-4-1)38-26-30-40(31-27-38)56(41-32-28-39(29-33-41)37-16-5-2-6-17-37)49-24-13-23-48-52(49)44-19-8-11-22-47(44)55(48)46-21-10-7-18-42(46)43-34-35-51-53(54(43)55)45-20-9-12-25-50(45)57-51/h1-8,10,12-19,21,23-35H,9,20H2. The molecule has 0 amide bonds. The van der Waals surface area contributed by atoms with Crippen LogP contribution in [0.25, 0.3) is 61.6 Å². The third-order valence-electron chi connectivity index (χ3n) is 12.4. The van der Waals surface area contributed by atoms with Gasteiger partial charge in [0, 0.05) is 33.5 Å². The molecule has 3 aliphatic rings.